The van der Waals surface area contributed by atoms with Crippen molar-refractivity contribution in [1.29, 1.82) is 0 Å². The summed E-state index contributed by atoms with van der Waals surface area (Å²) in [6.07, 6.45) is 6.56. The smallest absolute Gasteiger partial charge is 0.253 e. The van der Waals surface area contributed by atoms with Gasteiger partial charge in [0.25, 0.3) is 5.91 Å². The Labute approximate surface area is 127 Å². The minimum Gasteiger partial charge on any atom is -0.399 e. The molecule has 21 heavy (non-hydrogen) atoms. The number of carbonyl (C=O) groups is 1. The van der Waals surface area contributed by atoms with Crippen LogP contribution in [0, 0.1) is 11.8 Å². The van der Waals surface area contributed by atoms with Crippen LogP contribution in [0.1, 0.15) is 49.4 Å². The first-order chi connectivity index (χ1) is 10.1. The van der Waals surface area contributed by atoms with Gasteiger partial charge in [0.2, 0.25) is 0 Å². The number of nitrogens with one attached hydrogen (secondary N) is 2. The van der Waals surface area contributed by atoms with Gasteiger partial charge in [0, 0.05) is 25.0 Å². The van der Waals surface area contributed by atoms with Crippen LogP contribution in [-0.2, 0) is 0 Å². The normalized spacial score (nSPS) is 21.8. The molecule has 2 unspecified atom stereocenters. The lowest BCUT2D eigenvalue weighted by molar-refractivity contribution is 0.0964. The zero-order chi connectivity index (χ0) is 15.2. The fourth-order valence-electron chi connectivity index (χ4n) is 3.27. The van der Waals surface area contributed by atoms with Crippen molar-refractivity contribution in [1.82, 2.24) is 5.32 Å². The highest BCUT2D eigenvalue weighted by Crippen LogP contribution is 2.30. The highest BCUT2D eigenvalue weighted by molar-refractivity contribution is 6.00. The fourth-order valence-corrected chi connectivity index (χ4v) is 3.27. The highest BCUT2D eigenvalue weighted by Gasteiger charge is 2.18. The van der Waals surface area contributed by atoms with Crippen molar-refractivity contribution in [2.24, 2.45) is 11.8 Å². The molecule has 4 heteroatoms. The molecule has 4 N–H and O–H groups in total. The number of amides is 1. The Bertz CT molecular complexity index is 487. The molecule has 0 aliphatic heterocycles. The Morgan fingerprint density at radius 3 is 2.90 bits per heavy atom. The molecule has 1 aliphatic rings. The second-order valence-corrected chi connectivity index (χ2v) is 6.24. The van der Waals surface area contributed by atoms with Crippen molar-refractivity contribution >= 4 is 17.3 Å². The van der Waals surface area contributed by atoms with E-state index in [1.54, 1.807) is 19.2 Å². The van der Waals surface area contributed by atoms with Gasteiger partial charge in [-0.05, 0) is 42.9 Å². The van der Waals surface area contributed by atoms with Crippen molar-refractivity contribution in [2.45, 2.75) is 39.0 Å². The van der Waals surface area contributed by atoms with E-state index >= 15 is 0 Å². The second kappa shape index (κ2) is 7.34. The number of hydrogen-bond acceptors (Lipinski definition) is 3. The van der Waals surface area contributed by atoms with Gasteiger partial charge in [0.1, 0.15) is 0 Å². The summed E-state index contributed by atoms with van der Waals surface area (Å²) in [6, 6.07) is 5.38. The summed E-state index contributed by atoms with van der Waals surface area (Å²) in [6.45, 7) is 3.24. The summed E-state index contributed by atoms with van der Waals surface area (Å²) in [5.41, 5.74) is 8.00. The maximum Gasteiger partial charge on any atom is 0.253 e. The predicted molar refractivity (Wildman–Crippen MR) is 88.5 cm³/mol. The van der Waals surface area contributed by atoms with E-state index in [-0.39, 0.29) is 5.91 Å². The summed E-state index contributed by atoms with van der Waals surface area (Å²) in [7, 11) is 1.64. The molecule has 2 atom stereocenters. The third-order valence-electron chi connectivity index (χ3n) is 4.43. The Morgan fingerprint density at radius 1 is 1.38 bits per heavy atom. The summed E-state index contributed by atoms with van der Waals surface area (Å²) in [4.78, 5) is 11.9. The lowest BCUT2D eigenvalue weighted by Gasteiger charge is -2.27. The van der Waals surface area contributed by atoms with Crippen LogP contribution in [-0.4, -0.2) is 19.5 Å². The van der Waals surface area contributed by atoms with Crippen molar-refractivity contribution in [2.75, 3.05) is 24.6 Å². The molecular formula is C17H27N3O. The zero-order valence-corrected chi connectivity index (χ0v) is 13.1. The lowest BCUT2D eigenvalue weighted by atomic mass is 9.81. The molecule has 1 amide bonds. The van der Waals surface area contributed by atoms with E-state index in [4.69, 9.17) is 5.73 Å². The maximum atomic E-state index is 11.9. The van der Waals surface area contributed by atoms with E-state index < -0.39 is 0 Å². The number of hydrogen-bond donors (Lipinski definition) is 3. The van der Waals surface area contributed by atoms with Gasteiger partial charge in [0.05, 0.1) is 5.56 Å². The summed E-state index contributed by atoms with van der Waals surface area (Å²) >= 11 is 0. The van der Waals surface area contributed by atoms with E-state index in [9.17, 15) is 4.79 Å². The van der Waals surface area contributed by atoms with Gasteiger partial charge in [-0.25, -0.2) is 0 Å². The van der Waals surface area contributed by atoms with Gasteiger partial charge in [-0.3, -0.25) is 4.79 Å². The molecule has 1 aromatic carbocycles. The monoisotopic (exact) mass is 289 g/mol. The molecule has 0 aromatic heterocycles. The van der Waals surface area contributed by atoms with Crippen molar-refractivity contribution < 1.29 is 4.79 Å². The number of carbonyl (C=O) groups excluding carboxylic acids is 1. The second-order valence-electron chi connectivity index (χ2n) is 6.24. The fraction of sp³-hybridized carbons (Fsp3) is 0.588. The molecule has 0 heterocycles. The number of nitrogen functional groups attached to an aromatic ring is 1. The summed E-state index contributed by atoms with van der Waals surface area (Å²) in [5, 5.41) is 6.06. The molecule has 0 spiro atoms. The van der Waals surface area contributed by atoms with Crippen LogP contribution >= 0.6 is 0 Å². The molecule has 2 rings (SSSR count). The first kappa shape index (κ1) is 15.7. The van der Waals surface area contributed by atoms with Gasteiger partial charge in [-0.2, -0.15) is 0 Å². The van der Waals surface area contributed by atoms with Crippen LogP contribution in [0.2, 0.25) is 0 Å². The van der Waals surface area contributed by atoms with Gasteiger partial charge >= 0.3 is 0 Å². The van der Waals surface area contributed by atoms with Crippen molar-refractivity contribution in [3.8, 4) is 0 Å². The number of benzene rings is 1. The molecule has 1 fully saturated rings. The number of anilines is 2. The van der Waals surface area contributed by atoms with Gasteiger partial charge < -0.3 is 16.4 Å². The van der Waals surface area contributed by atoms with Crippen LogP contribution in [0.15, 0.2) is 18.2 Å². The predicted octanol–water partition coefficient (Wildman–Crippen LogP) is 3.26. The van der Waals surface area contributed by atoms with Gasteiger partial charge in [-0.1, -0.05) is 26.2 Å². The molecule has 0 saturated heterocycles. The third kappa shape index (κ3) is 4.38. The Kier molecular flexibility index (Phi) is 5.48. The molecule has 1 aromatic rings. The average molecular weight is 289 g/mol. The first-order valence-electron chi connectivity index (χ1n) is 7.95. The molecule has 1 saturated carbocycles. The minimum absolute atomic E-state index is 0.0798. The van der Waals surface area contributed by atoms with Crippen LogP contribution in [0.25, 0.3) is 0 Å². The lowest BCUT2D eigenvalue weighted by Crippen LogP contribution is -2.21. The summed E-state index contributed by atoms with van der Waals surface area (Å²) in [5.74, 6) is 1.59. The number of nitrogens with two attached hydrogens (primary N) is 1. The Hall–Kier alpha value is -1.71. The first-order valence-corrected chi connectivity index (χ1v) is 7.95. The molecule has 0 bridgehead atoms. The van der Waals surface area contributed by atoms with Crippen LogP contribution in [0.4, 0.5) is 11.4 Å². The summed E-state index contributed by atoms with van der Waals surface area (Å²) < 4.78 is 0. The standard InChI is InChI=1S/C17H27N3O/c1-12-4-3-5-13(10-12)8-9-20-16-11-14(18)6-7-15(16)17(21)19-2/h6-7,11-13,20H,3-5,8-10,18H2,1-2H3,(H,19,21). The average Bonchev–Trinajstić information content (AvgIpc) is 2.47. The molecule has 4 nitrogen and oxygen atoms in total. The van der Waals surface area contributed by atoms with Crippen LogP contribution in [0.3, 0.4) is 0 Å². The van der Waals surface area contributed by atoms with E-state index in [1.165, 1.54) is 25.7 Å². The topological polar surface area (TPSA) is 67.2 Å². The van der Waals surface area contributed by atoms with E-state index in [0.29, 0.717) is 11.3 Å². The Balaban J connectivity index is 1.93. The van der Waals surface area contributed by atoms with E-state index in [2.05, 4.69) is 17.6 Å². The van der Waals surface area contributed by atoms with E-state index in [0.717, 1.165) is 30.5 Å². The zero-order valence-electron chi connectivity index (χ0n) is 13.1. The van der Waals surface area contributed by atoms with E-state index in [1.807, 2.05) is 6.07 Å². The van der Waals surface area contributed by atoms with Gasteiger partial charge in [-0.15, -0.1) is 0 Å². The maximum absolute atomic E-state index is 11.9. The molecular weight excluding hydrogens is 262 g/mol. The minimum atomic E-state index is -0.0798. The molecule has 116 valence electrons. The van der Waals surface area contributed by atoms with Crippen LogP contribution in [0.5, 0.6) is 0 Å². The largest absolute Gasteiger partial charge is 0.399 e. The number of rotatable bonds is 5. The van der Waals surface area contributed by atoms with Gasteiger partial charge in [0.15, 0.2) is 0 Å². The quantitative estimate of drug-likeness (QED) is 0.729. The Morgan fingerprint density at radius 2 is 2.19 bits per heavy atom. The highest BCUT2D eigenvalue weighted by atomic mass is 16.1. The molecule has 1 aliphatic carbocycles. The van der Waals surface area contributed by atoms with Crippen molar-refractivity contribution in [3.05, 3.63) is 23.8 Å². The third-order valence-corrected chi connectivity index (χ3v) is 4.43. The SMILES string of the molecule is CNC(=O)c1ccc(N)cc1NCCC1CCCC(C)C1. The van der Waals surface area contributed by atoms with Crippen molar-refractivity contribution in [3.63, 3.8) is 0 Å². The molecule has 0 radical (unpaired) electrons. The van der Waals surface area contributed by atoms with Crippen LogP contribution < -0.4 is 16.4 Å².